The van der Waals surface area contributed by atoms with Crippen molar-refractivity contribution in [3.05, 3.63) is 58.2 Å². The minimum absolute atomic E-state index is 0.00430. The number of phenolic OH excluding ortho intramolecular Hbond substituents is 1. The molecule has 8 heteroatoms. The number of carbonyl (C=O) groups is 1. The number of thioether (sulfide) groups is 1. The van der Waals surface area contributed by atoms with Gasteiger partial charge in [-0.15, -0.1) is 17.9 Å². The molecule has 0 saturated carbocycles. The van der Waals surface area contributed by atoms with Crippen molar-refractivity contribution >= 4 is 44.9 Å². The zero-order chi connectivity index (χ0) is 19.4. The first-order valence-electron chi connectivity index (χ1n) is 8.38. The number of anilines is 1. The van der Waals surface area contributed by atoms with Crippen molar-refractivity contribution in [1.82, 2.24) is 9.55 Å². The van der Waals surface area contributed by atoms with Crippen LogP contribution in [0.15, 0.2) is 52.9 Å². The Morgan fingerprint density at radius 3 is 2.93 bits per heavy atom. The van der Waals surface area contributed by atoms with E-state index in [1.165, 1.54) is 33.7 Å². The molecule has 3 rings (SSSR count). The van der Waals surface area contributed by atoms with Crippen LogP contribution >= 0.6 is 23.1 Å². The fourth-order valence-corrected chi connectivity index (χ4v) is 4.33. The highest BCUT2D eigenvalue weighted by molar-refractivity contribution is 7.99. The van der Waals surface area contributed by atoms with E-state index in [0.717, 1.165) is 11.3 Å². The van der Waals surface area contributed by atoms with Crippen molar-refractivity contribution in [3.63, 3.8) is 0 Å². The van der Waals surface area contributed by atoms with E-state index in [9.17, 15) is 14.7 Å². The van der Waals surface area contributed by atoms with Crippen LogP contribution in [0.3, 0.4) is 0 Å². The van der Waals surface area contributed by atoms with E-state index in [0.29, 0.717) is 27.6 Å². The molecule has 2 heterocycles. The van der Waals surface area contributed by atoms with Gasteiger partial charge in [0.25, 0.3) is 5.56 Å². The van der Waals surface area contributed by atoms with Gasteiger partial charge in [-0.3, -0.25) is 14.2 Å². The monoisotopic (exact) mass is 401 g/mol. The van der Waals surface area contributed by atoms with E-state index < -0.39 is 0 Å². The molecular weight excluding hydrogens is 382 g/mol. The van der Waals surface area contributed by atoms with Crippen molar-refractivity contribution in [1.29, 1.82) is 0 Å². The number of nitrogens with one attached hydrogen (secondary N) is 1. The molecule has 0 fully saturated rings. The summed E-state index contributed by atoms with van der Waals surface area (Å²) >= 11 is 2.68. The Morgan fingerprint density at radius 1 is 1.44 bits per heavy atom. The summed E-state index contributed by atoms with van der Waals surface area (Å²) in [6.45, 7) is 6.05. The molecule has 0 aliphatic rings. The van der Waals surface area contributed by atoms with Crippen molar-refractivity contribution in [3.8, 4) is 5.75 Å². The number of phenols is 1. The van der Waals surface area contributed by atoms with Crippen LogP contribution in [0.4, 0.5) is 5.69 Å². The van der Waals surface area contributed by atoms with Gasteiger partial charge in [-0.2, -0.15) is 0 Å². The summed E-state index contributed by atoms with van der Waals surface area (Å²) in [6.07, 6.45) is 2.47. The number of aromatic nitrogens is 2. The summed E-state index contributed by atoms with van der Waals surface area (Å²) in [6, 6.07) is 8.41. The van der Waals surface area contributed by atoms with Crippen LogP contribution in [-0.4, -0.2) is 26.3 Å². The zero-order valence-corrected chi connectivity index (χ0v) is 16.4. The van der Waals surface area contributed by atoms with Gasteiger partial charge in [0.2, 0.25) is 5.91 Å². The van der Waals surface area contributed by atoms with E-state index in [1.54, 1.807) is 24.3 Å². The number of allylic oxidation sites excluding steroid dienone is 1. The van der Waals surface area contributed by atoms with Gasteiger partial charge in [-0.1, -0.05) is 36.9 Å². The van der Waals surface area contributed by atoms with Crippen LogP contribution in [0.25, 0.3) is 10.2 Å². The SMILES string of the molecule is C=CCn1c(SCC(=O)Nc2ccccc2O)nc2sc(CC)cc2c1=O. The lowest BCUT2D eigenvalue weighted by molar-refractivity contribution is -0.113. The molecule has 6 nitrogen and oxygen atoms in total. The van der Waals surface area contributed by atoms with E-state index >= 15 is 0 Å². The van der Waals surface area contributed by atoms with E-state index in [1.807, 2.05) is 13.0 Å². The fourth-order valence-electron chi connectivity index (χ4n) is 2.52. The molecule has 2 aromatic heterocycles. The summed E-state index contributed by atoms with van der Waals surface area (Å²) in [5.74, 6) is -0.221. The Hall–Kier alpha value is -2.58. The highest BCUT2D eigenvalue weighted by atomic mass is 32.2. The second-order valence-electron chi connectivity index (χ2n) is 5.74. The number of aromatic hydroxyl groups is 1. The first-order chi connectivity index (χ1) is 13.0. The largest absolute Gasteiger partial charge is 0.506 e. The first kappa shape index (κ1) is 19.2. The second kappa shape index (κ2) is 8.41. The molecule has 140 valence electrons. The molecule has 0 spiro atoms. The molecule has 0 aliphatic heterocycles. The molecule has 0 aliphatic carbocycles. The number of benzene rings is 1. The lowest BCUT2D eigenvalue weighted by atomic mass is 10.3. The molecule has 3 aromatic rings. The van der Waals surface area contributed by atoms with Crippen LogP contribution in [-0.2, 0) is 17.8 Å². The quantitative estimate of drug-likeness (QED) is 0.273. The average Bonchev–Trinajstić information content (AvgIpc) is 3.08. The molecule has 0 atom stereocenters. The molecule has 1 amide bonds. The highest BCUT2D eigenvalue weighted by Crippen LogP contribution is 2.26. The number of fused-ring (bicyclic) bond motifs is 1. The van der Waals surface area contributed by atoms with Crippen molar-refractivity contribution in [2.24, 2.45) is 0 Å². The number of para-hydroxylation sites is 2. The highest BCUT2D eigenvalue weighted by Gasteiger charge is 2.15. The summed E-state index contributed by atoms with van der Waals surface area (Å²) in [5.41, 5.74) is 0.222. The minimum Gasteiger partial charge on any atom is -0.506 e. The summed E-state index contributed by atoms with van der Waals surface area (Å²) in [4.78, 5) is 31.4. The van der Waals surface area contributed by atoms with Crippen LogP contribution in [0, 0.1) is 0 Å². The maximum atomic E-state index is 12.8. The summed E-state index contributed by atoms with van der Waals surface area (Å²) < 4.78 is 1.53. The maximum absolute atomic E-state index is 12.8. The molecule has 27 heavy (non-hydrogen) atoms. The number of aryl methyl sites for hydroxylation is 1. The predicted molar refractivity (Wildman–Crippen MR) is 111 cm³/mol. The van der Waals surface area contributed by atoms with Gasteiger partial charge in [-0.25, -0.2) is 4.98 Å². The molecule has 1 aromatic carbocycles. The molecule has 0 unspecified atom stereocenters. The van der Waals surface area contributed by atoms with Gasteiger partial charge >= 0.3 is 0 Å². The second-order valence-corrected chi connectivity index (χ2v) is 7.80. The van der Waals surface area contributed by atoms with Gasteiger partial charge in [-0.05, 0) is 24.6 Å². The molecular formula is C19H19N3O3S2. The third-order valence-electron chi connectivity index (χ3n) is 3.84. The van der Waals surface area contributed by atoms with Crippen molar-refractivity contribution < 1.29 is 9.90 Å². The number of rotatable bonds is 7. The summed E-state index contributed by atoms with van der Waals surface area (Å²) in [5, 5.41) is 13.5. The van der Waals surface area contributed by atoms with E-state index in [4.69, 9.17) is 0 Å². The minimum atomic E-state index is -0.290. The number of hydrogen-bond acceptors (Lipinski definition) is 6. The topological polar surface area (TPSA) is 84.2 Å². The molecule has 0 radical (unpaired) electrons. The molecule has 2 N–H and O–H groups in total. The van der Waals surface area contributed by atoms with Gasteiger partial charge < -0.3 is 10.4 Å². The normalized spacial score (nSPS) is 10.9. The Bertz CT molecular complexity index is 1060. The van der Waals surface area contributed by atoms with Gasteiger partial charge in [0.05, 0.1) is 16.8 Å². The van der Waals surface area contributed by atoms with Gasteiger partial charge in [0.1, 0.15) is 10.6 Å². The number of nitrogens with zero attached hydrogens (tertiary/aromatic N) is 2. The zero-order valence-electron chi connectivity index (χ0n) is 14.8. The Kier molecular flexibility index (Phi) is 5.98. The Labute approximate surface area is 164 Å². The first-order valence-corrected chi connectivity index (χ1v) is 10.2. The maximum Gasteiger partial charge on any atom is 0.263 e. The number of amides is 1. The van der Waals surface area contributed by atoms with Crippen molar-refractivity contribution in [2.45, 2.75) is 25.0 Å². The van der Waals surface area contributed by atoms with Gasteiger partial charge in [0, 0.05) is 11.4 Å². The number of thiophene rings is 1. The van der Waals surface area contributed by atoms with Gasteiger partial charge in [0.15, 0.2) is 5.16 Å². The van der Waals surface area contributed by atoms with Crippen LogP contribution in [0.1, 0.15) is 11.8 Å². The predicted octanol–water partition coefficient (Wildman–Crippen LogP) is 3.64. The van der Waals surface area contributed by atoms with E-state index in [-0.39, 0.29) is 23.0 Å². The van der Waals surface area contributed by atoms with Crippen molar-refractivity contribution in [2.75, 3.05) is 11.1 Å². The van der Waals surface area contributed by atoms with E-state index in [2.05, 4.69) is 16.9 Å². The Balaban J connectivity index is 1.84. The number of hydrogen-bond donors (Lipinski definition) is 2. The molecule has 0 bridgehead atoms. The third kappa shape index (κ3) is 4.23. The smallest absolute Gasteiger partial charge is 0.263 e. The standard InChI is InChI=1S/C19H19N3O3S2/c1-3-9-22-18(25)13-10-12(4-2)27-17(13)21-19(22)26-11-16(24)20-14-7-5-6-8-15(14)23/h3,5-8,10,23H,1,4,9,11H2,2H3,(H,20,24). The fraction of sp³-hybridized carbons (Fsp3) is 0.211. The Morgan fingerprint density at radius 2 is 2.22 bits per heavy atom. The van der Waals surface area contributed by atoms with Crippen LogP contribution in [0.2, 0.25) is 0 Å². The van der Waals surface area contributed by atoms with Crippen LogP contribution < -0.4 is 10.9 Å². The summed E-state index contributed by atoms with van der Waals surface area (Å²) in [7, 11) is 0. The average molecular weight is 402 g/mol. The molecule has 0 saturated heterocycles. The number of carbonyl (C=O) groups excluding carboxylic acids is 1. The van der Waals surface area contributed by atoms with Crippen LogP contribution in [0.5, 0.6) is 5.75 Å². The lowest BCUT2D eigenvalue weighted by Crippen LogP contribution is -2.23. The lowest BCUT2D eigenvalue weighted by Gasteiger charge is -2.10. The third-order valence-corrected chi connectivity index (χ3v) is 5.99.